The minimum Gasteiger partial charge on any atom is -0.462 e. The van der Waals surface area contributed by atoms with Crippen LogP contribution < -0.4 is 15.2 Å². The molecular weight excluding hydrogens is 560 g/mol. The van der Waals surface area contributed by atoms with Crippen molar-refractivity contribution in [1.29, 1.82) is 5.41 Å². The molecule has 4 aromatic rings. The normalized spacial score (nSPS) is 10.7. The zero-order chi connectivity index (χ0) is 27.4. The molecule has 0 bridgehead atoms. The third-order valence-electron chi connectivity index (χ3n) is 5.44. The summed E-state index contributed by atoms with van der Waals surface area (Å²) in [5, 5.41) is 7.65. The van der Waals surface area contributed by atoms with E-state index in [1.807, 2.05) is 12.1 Å². The Labute approximate surface area is 225 Å². The highest BCUT2D eigenvalue weighted by molar-refractivity contribution is 9.10. The maximum Gasteiger partial charge on any atom is 0.341 e. The number of nitrogen functional groups attached to an aromatic ring is 1. The van der Waals surface area contributed by atoms with E-state index in [-0.39, 0.29) is 35.1 Å². The molecular formula is C28H22BrF2N3O4. The summed E-state index contributed by atoms with van der Waals surface area (Å²) >= 11 is 3.28. The highest BCUT2D eigenvalue weighted by Crippen LogP contribution is 2.35. The Morgan fingerprint density at radius 1 is 0.974 bits per heavy atom. The van der Waals surface area contributed by atoms with Crippen molar-refractivity contribution in [3.8, 4) is 34.4 Å². The van der Waals surface area contributed by atoms with Crippen LogP contribution in [0.4, 0.5) is 8.78 Å². The Balaban J connectivity index is 1.68. The first-order chi connectivity index (χ1) is 18.2. The van der Waals surface area contributed by atoms with Gasteiger partial charge in [-0.05, 0) is 61.4 Å². The highest BCUT2D eigenvalue weighted by atomic mass is 79.9. The number of esters is 1. The topological polar surface area (TPSA) is 108 Å². The Morgan fingerprint density at radius 2 is 1.63 bits per heavy atom. The van der Waals surface area contributed by atoms with Crippen LogP contribution in [0.2, 0.25) is 0 Å². The fourth-order valence-corrected chi connectivity index (χ4v) is 3.88. The number of aromatic nitrogens is 1. The van der Waals surface area contributed by atoms with Gasteiger partial charge < -0.3 is 19.9 Å². The molecule has 0 saturated heterocycles. The van der Waals surface area contributed by atoms with Gasteiger partial charge in [-0.2, -0.15) is 4.98 Å². The number of hydrogen-bond acceptors (Lipinski definition) is 6. The molecule has 0 radical (unpaired) electrons. The number of ether oxygens (including phenoxy) is 3. The molecule has 1 heterocycles. The SMILES string of the molecule is CCOC(=O)c1cc(Br)ccc1Oc1nc(Oc2cccc(-c3cccc(C(=N)N)c3)c2)c(F)c(C)c1F. The molecule has 3 N–H and O–H groups in total. The van der Waals surface area contributed by atoms with Crippen molar-refractivity contribution in [3.05, 3.63) is 99.5 Å². The molecule has 0 saturated carbocycles. The number of nitrogens with one attached hydrogen (secondary N) is 1. The van der Waals surface area contributed by atoms with Crippen LogP contribution in [0.1, 0.15) is 28.4 Å². The van der Waals surface area contributed by atoms with E-state index in [0.29, 0.717) is 10.0 Å². The Hall–Kier alpha value is -4.31. The van der Waals surface area contributed by atoms with Crippen molar-refractivity contribution in [3.63, 3.8) is 0 Å². The molecule has 7 nitrogen and oxygen atoms in total. The van der Waals surface area contributed by atoms with Crippen LogP contribution in [0, 0.1) is 24.0 Å². The Bertz CT molecular complexity index is 1550. The molecule has 4 rings (SSSR count). The number of amidine groups is 1. The summed E-state index contributed by atoms with van der Waals surface area (Å²) in [6.45, 7) is 3.01. The van der Waals surface area contributed by atoms with Crippen LogP contribution in [-0.4, -0.2) is 23.4 Å². The Morgan fingerprint density at radius 3 is 2.32 bits per heavy atom. The van der Waals surface area contributed by atoms with Crippen LogP contribution in [-0.2, 0) is 4.74 Å². The van der Waals surface area contributed by atoms with Gasteiger partial charge in [0.1, 0.15) is 22.9 Å². The van der Waals surface area contributed by atoms with Gasteiger partial charge in [-0.15, -0.1) is 0 Å². The lowest BCUT2D eigenvalue weighted by Gasteiger charge is -2.14. The third kappa shape index (κ3) is 5.81. The molecule has 0 unspecified atom stereocenters. The molecule has 38 heavy (non-hydrogen) atoms. The van der Waals surface area contributed by atoms with Crippen LogP contribution in [0.15, 0.2) is 71.2 Å². The maximum atomic E-state index is 15.0. The average Bonchev–Trinajstić information content (AvgIpc) is 2.91. The number of halogens is 3. The molecule has 1 aromatic heterocycles. The summed E-state index contributed by atoms with van der Waals surface area (Å²) in [4.78, 5) is 16.3. The number of carbonyl (C=O) groups excluding carboxylic acids is 1. The number of pyridine rings is 1. The van der Waals surface area contributed by atoms with E-state index >= 15 is 0 Å². The summed E-state index contributed by atoms with van der Waals surface area (Å²) < 4.78 is 46.9. The fraction of sp³-hybridized carbons (Fsp3) is 0.107. The van der Waals surface area contributed by atoms with Gasteiger partial charge in [0.05, 0.1) is 6.61 Å². The molecule has 0 atom stereocenters. The summed E-state index contributed by atoms with van der Waals surface area (Å²) in [6, 6.07) is 18.3. The standard InChI is InChI=1S/C28H22BrF2N3O4/c1-3-36-28(35)21-14-19(29)10-11-22(21)38-27-24(31)15(2)23(30)26(34-27)37-20-9-5-7-17(13-20)16-6-4-8-18(12-16)25(32)33/h4-14H,3H2,1-2H3,(H3,32,33). The van der Waals surface area contributed by atoms with Gasteiger partial charge in [-0.25, -0.2) is 13.6 Å². The molecule has 3 aromatic carbocycles. The maximum absolute atomic E-state index is 15.0. The molecule has 0 spiro atoms. The molecule has 0 aliphatic rings. The van der Waals surface area contributed by atoms with Crippen molar-refractivity contribution < 1.29 is 27.8 Å². The van der Waals surface area contributed by atoms with Crippen LogP contribution in [0.3, 0.4) is 0 Å². The van der Waals surface area contributed by atoms with Crippen LogP contribution >= 0.6 is 15.9 Å². The lowest BCUT2D eigenvalue weighted by Crippen LogP contribution is -2.10. The lowest BCUT2D eigenvalue weighted by molar-refractivity contribution is 0.0523. The van der Waals surface area contributed by atoms with Gasteiger partial charge >= 0.3 is 5.97 Å². The average molecular weight is 582 g/mol. The van der Waals surface area contributed by atoms with E-state index in [4.69, 9.17) is 25.4 Å². The number of carbonyl (C=O) groups is 1. The first-order valence-corrected chi connectivity index (χ1v) is 12.2. The quantitative estimate of drug-likeness (QED) is 0.130. The summed E-state index contributed by atoms with van der Waals surface area (Å²) in [6.07, 6.45) is 0. The van der Waals surface area contributed by atoms with Gasteiger partial charge in [-0.1, -0.05) is 46.3 Å². The first-order valence-electron chi connectivity index (χ1n) is 11.4. The number of benzene rings is 3. The fourth-order valence-electron chi connectivity index (χ4n) is 3.52. The minimum absolute atomic E-state index is 0.0256. The van der Waals surface area contributed by atoms with E-state index in [0.717, 1.165) is 11.1 Å². The van der Waals surface area contributed by atoms with Gasteiger partial charge in [0.15, 0.2) is 11.6 Å². The third-order valence-corrected chi connectivity index (χ3v) is 5.93. The summed E-state index contributed by atoms with van der Waals surface area (Å²) in [5.41, 5.74) is 7.28. The van der Waals surface area contributed by atoms with Crippen molar-refractivity contribution in [2.45, 2.75) is 13.8 Å². The smallest absolute Gasteiger partial charge is 0.341 e. The second-order valence-electron chi connectivity index (χ2n) is 8.06. The summed E-state index contributed by atoms with van der Waals surface area (Å²) in [7, 11) is 0. The van der Waals surface area contributed by atoms with Gasteiger partial charge in [0.25, 0.3) is 11.8 Å². The van der Waals surface area contributed by atoms with E-state index in [9.17, 15) is 13.6 Å². The van der Waals surface area contributed by atoms with Crippen molar-refractivity contribution in [2.75, 3.05) is 6.61 Å². The van der Waals surface area contributed by atoms with E-state index in [1.54, 1.807) is 49.4 Å². The van der Waals surface area contributed by atoms with Crippen molar-refractivity contribution in [1.82, 2.24) is 4.98 Å². The zero-order valence-electron chi connectivity index (χ0n) is 20.3. The second kappa shape index (κ2) is 11.4. The van der Waals surface area contributed by atoms with Crippen LogP contribution in [0.5, 0.6) is 23.3 Å². The van der Waals surface area contributed by atoms with Gasteiger partial charge in [0, 0.05) is 15.6 Å². The highest BCUT2D eigenvalue weighted by Gasteiger charge is 2.23. The van der Waals surface area contributed by atoms with E-state index in [2.05, 4.69) is 20.9 Å². The van der Waals surface area contributed by atoms with Crippen LogP contribution in [0.25, 0.3) is 11.1 Å². The largest absolute Gasteiger partial charge is 0.462 e. The molecule has 0 aliphatic carbocycles. The van der Waals surface area contributed by atoms with Gasteiger partial charge in [-0.3, -0.25) is 5.41 Å². The Kier molecular flexibility index (Phi) is 8.02. The number of nitrogens with zero attached hydrogens (tertiary/aromatic N) is 1. The minimum atomic E-state index is -1.04. The predicted octanol–water partition coefficient (Wildman–Crippen LogP) is 7.14. The predicted molar refractivity (Wildman–Crippen MR) is 142 cm³/mol. The van der Waals surface area contributed by atoms with Crippen molar-refractivity contribution in [2.24, 2.45) is 5.73 Å². The van der Waals surface area contributed by atoms with Crippen molar-refractivity contribution >= 4 is 27.7 Å². The molecule has 0 aliphatic heterocycles. The molecule has 0 fully saturated rings. The van der Waals surface area contributed by atoms with Gasteiger partial charge in [0.2, 0.25) is 0 Å². The summed E-state index contributed by atoms with van der Waals surface area (Å²) in [5.74, 6) is -3.66. The second-order valence-corrected chi connectivity index (χ2v) is 8.98. The number of rotatable bonds is 8. The number of nitrogens with two attached hydrogens (primary N) is 1. The van der Waals surface area contributed by atoms with E-state index < -0.39 is 29.4 Å². The molecule has 194 valence electrons. The number of hydrogen-bond donors (Lipinski definition) is 2. The first kappa shape index (κ1) is 26.7. The van der Waals surface area contributed by atoms with E-state index in [1.165, 1.54) is 19.1 Å². The molecule has 0 amide bonds. The monoisotopic (exact) mass is 581 g/mol. The zero-order valence-corrected chi connectivity index (χ0v) is 21.9. The lowest BCUT2D eigenvalue weighted by atomic mass is 10.0. The molecule has 10 heteroatoms.